The Morgan fingerprint density at radius 2 is 1.61 bits per heavy atom. The van der Waals surface area contributed by atoms with Gasteiger partial charge in [-0.25, -0.2) is 0 Å². The van der Waals surface area contributed by atoms with Gasteiger partial charge >= 0.3 is 6.61 Å². The summed E-state index contributed by atoms with van der Waals surface area (Å²) in [4.78, 5) is 0. The molecule has 0 unspecified atom stereocenters. The van der Waals surface area contributed by atoms with E-state index in [1.165, 1.54) is 12.1 Å². The predicted molar refractivity (Wildman–Crippen MR) is 68.5 cm³/mol. The van der Waals surface area contributed by atoms with Crippen molar-refractivity contribution in [1.82, 2.24) is 0 Å². The second-order valence-corrected chi connectivity index (χ2v) is 4.37. The third-order valence-corrected chi connectivity index (χ3v) is 2.87. The van der Waals surface area contributed by atoms with Crippen molar-refractivity contribution in [3.8, 4) is 16.9 Å². The number of ether oxygens (including phenoxy) is 1. The van der Waals surface area contributed by atoms with Crippen molar-refractivity contribution in [1.29, 1.82) is 0 Å². The van der Waals surface area contributed by atoms with Gasteiger partial charge in [-0.15, -0.1) is 0 Å². The van der Waals surface area contributed by atoms with Gasteiger partial charge in [-0.3, -0.25) is 0 Å². The second-order valence-electron chi connectivity index (χ2n) is 3.53. The first-order chi connectivity index (χ1) is 8.56. The van der Waals surface area contributed by atoms with Crippen molar-refractivity contribution in [2.24, 2.45) is 0 Å². The lowest BCUT2D eigenvalue weighted by molar-refractivity contribution is -0.0498. The predicted octanol–water partition coefficient (Wildman–Crippen LogP) is 5.26. The normalized spacial score (nSPS) is 10.7. The molecule has 2 rings (SSSR count). The van der Waals surface area contributed by atoms with E-state index in [0.29, 0.717) is 10.0 Å². The maximum Gasteiger partial charge on any atom is 0.387 e. The van der Waals surface area contributed by atoms with E-state index in [2.05, 4.69) is 4.74 Å². The van der Waals surface area contributed by atoms with Crippen LogP contribution in [-0.2, 0) is 0 Å². The summed E-state index contributed by atoms with van der Waals surface area (Å²) < 4.78 is 28.3. The lowest BCUT2D eigenvalue weighted by Gasteiger charge is -2.07. The highest BCUT2D eigenvalue weighted by molar-refractivity contribution is 6.36. The van der Waals surface area contributed by atoms with Crippen molar-refractivity contribution < 1.29 is 13.5 Å². The number of halogens is 4. The summed E-state index contributed by atoms with van der Waals surface area (Å²) in [5, 5.41) is 1.05. The largest absolute Gasteiger partial charge is 0.435 e. The first-order valence-electron chi connectivity index (χ1n) is 5.06. The van der Waals surface area contributed by atoms with Gasteiger partial charge in [0.05, 0.1) is 0 Å². The Kier molecular flexibility index (Phi) is 4.04. The first kappa shape index (κ1) is 13.1. The van der Waals surface area contributed by atoms with E-state index in [0.717, 1.165) is 11.1 Å². The smallest absolute Gasteiger partial charge is 0.387 e. The van der Waals surface area contributed by atoms with Crippen LogP contribution in [0.3, 0.4) is 0 Å². The molecule has 0 aromatic heterocycles. The molecule has 0 amide bonds. The van der Waals surface area contributed by atoms with E-state index in [-0.39, 0.29) is 5.75 Å². The zero-order valence-electron chi connectivity index (χ0n) is 9.04. The molecule has 1 nitrogen and oxygen atoms in total. The molecule has 0 fully saturated rings. The first-order valence-corrected chi connectivity index (χ1v) is 5.82. The van der Waals surface area contributed by atoms with Crippen LogP contribution in [0.4, 0.5) is 8.78 Å². The van der Waals surface area contributed by atoms with Crippen LogP contribution >= 0.6 is 23.2 Å². The van der Waals surface area contributed by atoms with Gasteiger partial charge in [0.2, 0.25) is 0 Å². The molecule has 5 heteroatoms. The summed E-state index contributed by atoms with van der Waals surface area (Å²) in [6, 6.07) is 11.4. The molecule has 0 spiro atoms. The Hall–Kier alpha value is -1.32. The molecular formula is C13H8Cl2F2O. The summed E-state index contributed by atoms with van der Waals surface area (Å²) >= 11 is 11.9. The molecule has 0 atom stereocenters. The minimum Gasteiger partial charge on any atom is -0.435 e. The average Bonchev–Trinajstić information content (AvgIpc) is 2.30. The van der Waals surface area contributed by atoms with Crippen LogP contribution in [0.5, 0.6) is 5.75 Å². The lowest BCUT2D eigenvalue weighted by atomic mass is 10.1. The summed E-state index contributed by atoms with van der Waals surface area (Å²) in [6.45, 7) is -2.82. The molecule has 0 saturated carbocycles. The van der Waals surface area contributed by atoms with Crippen LogP contribution in [0.1, 0.15) is 0 Å². The molecule has 0 saturated heterocycles. The Balaban J connectivity index is 2.28. The van der Waals surface area contributed by atoms with Gasteiger partial charge in [-0.05, 0) is 29.8 Å². The molecule has 0 aliphatic carbocycles. The maximum absolute atomic E-state index is 12.0. The van der Waals surface area contributed by atoms with Gasteiger partial charge in [0, 0.05) is 15.6 Å². The average molecular weight is 289 g/mol. The van der Waals surface area contributed by atoms with Crippen molar-refractivity contribution >= 4 is 23.2 Å². The van der Waals surface area contributed by atoms with Crippen LogP contribution < -0.4 is 4.74 Å². The Bertz CT molecular complexity index is 541. The van der Waals surface area contributed by atoms with Gasteiger partial charge in [-0.2, -0.15) is 8.78 Å². The lowest BCUT2D eigenvalue weighted by Crippen LogP contribution is -2.01. The quantitative estimate of drug-likeness (QED) is 0.748. The number of alkyl halides is 2. The minimum atomic E-state index is -2.82. The SMILES string of the molecule is FC(F)Oc1ccc(-c2ccc(Cl)cc2Cl)cc1. The molecule has 0 radical (unpaired) electrons. The number of rotatable bonds is 3. The van der Waals surface area contributed by atoms with Gasteiger partial charge in [0.1, 0.15) is 5.75 Å². The second kappa shape index (κ2) is 5.55. The van der Waals surface area contributed by atoms with E-state index in [1.54, 1.807) is 30.3 Å². The summed E-state index contributed by atoms with van der Waals surface area (Å²) in [7, 11) is 0. The fourth-order valence-corrected chi connectivity index (χ4v) is 2.06. The van der Waals surface area contributed by atoms with Crippen LogP contribution in [0.15, 0.2) is 42.5 Å². The molecule has 2 aromatic carbocycles. The van der Waals surface area contributed by atoms with Crippen molar-refractivity contribution in [2.45, 2.75) is 6.61 Å². The highest BCUT2D eigenvalue weighted by Gasteiger charge is 2.06. The van der Waals surface area contributed by atoms with E-state index in [4.69, 9.17) is 23.2 Å². The standard InChI is InChI=1S/C13H8Cl2F2O/c14-9-3-6-11(12(15)7-9)8-1-4-10(5-2-8)18-13(16)17/h1-7,13H. The third-order valence-electron chi connectivity index (χ3n) is 2.32. The maximum atomic E-state index is 12.0. The highest BCUT2D eigenvalue weighted by atomic mass is 35.5. The summed E-state index contributed by atoms with van der Waals surface area (Å²) in [5.74, 6) is 0.110. The third kappa shape index (κ3) is 3.12. The minimum absolute atomic E-state index is 0.110. The van der Waals surface area contributed by atoms with Crippen LogP contribution in [0.25, 0.3) is 11.1 Å². The van der Waals surface area contributed by atoms with E-state index < -0.39 is 6.61 Å². The van der Waals surface area contributed by atoms with Crippen LogP contribution in [0, 0.1) is 0 Å². The molecular weight excluding hydrogens is 281 g/mol. The van der Waals surface area contributed by atoms with Crippen LogP contribution in [0.2, 0.25) is 10.0 Å². The van der Waals surface area contributed by atoms with Gasteiger partial charge in [0.15, 0.2) is 0 Å². The molecule has 94 valence electrons. The Morgan fingerprint density at radius 3 is 2.17 bits per heavy atom. The Labute approximate surface area is 113 Å². The zero-order chi connectivity index (χ0) is 13.1. The monoisotopic (exact) mass is 288 g/mol. The van der Waals surface area contributed by atoms with E-state index in [9.17, 15) is 8.78 Å². The van der Waals surface area contributed by atoms with E-state index in [1.807, 2.05) is 0 Å². The van der Waals surface area contributed by atoms with Crippen molar-refractivity contribution in [3.05, 3.63) is 52.5 Å². The fraction of sp³-hybridized carbons (Fsp3) is 0.0769. The molecule has 0 N–H and O–H groups in total. The summed E-state index contributed by atoms with van der Waals surface area (Å²) in [6.07, 6.45) is 0. The zero-order valence-corrected chi connectivity index (χ0v) is 10.6. The Morgan fingerprint density at radius 1 is 0.944 bits per heavy atom. The molecule has 0 heterocycles. The molecule has 0 bridgehead atoms. The molecule has 0 aliphatic rings. The topological polar surface area (TPSA) is 9.23 Å². The van der Waals surface area contributed by atoms with Crippen molar-refractivity contribution in [3.63, 3.8) is 0 Å². The van der Waals surface area contributed by atoms with Crippen LogP contribution in [-0.4, -0.2) is 6.61 Å². The van der Waals surface area contributed by atoms with Crippen molar-refractivity contribution in [2.75, 3.05) is 0 Å². The van der Waals surface area contributed by atoms with Gasteiger partial charge in [-0.1, -0.05) is 41.4 Å². The van der Waals surface area contributed by atoms with Gasteiger partial charge < -0.3 is 4.74 Å². The molecule has 0 aliphatic heterocycles. The number of hydrogen-bond acceptors (Lipinski definition) is 1. The summed E-state index contributed by atoms with van der Waals surface area (Å²) in [5.41, 5.74) is 1.59. The van der Waals surface area contributed by atoms with E-state index >= 15 is 0 Å². The number of benzene rings is 2. The fourth-order valence-electron chi connectivity index (χ4n) is 1.54. The molecule has 18 heavy (non-hydrogen) atoms. The highest BCUT2D eigenvalue weighted by Crippen LogP contribution is 2.31. The van der Waals surface area contributed by atoms with Gasteiger partial charge in [0.25, 0.3) is 0 Å². The molecule has 2 aromatic rings. The number of hydrogen-bond donors (Lipinski definition) is 0.